The van der Waals surface area contributed by atoms with Gasteiger partial charge in [-0.05, 0) is 119 Å². The van der Waals surface area contributed by atoms with Crippen LogP contribution in [0, 0.1) is 0 Å². The molecule has 1 aromatic heterocycles. The molecule has 0 radical (unpaired) electrons. The second kappa shape index (κ2) is 14.0. The van der Waals surface area contributed by atoms with Crippen molar-refractivity contribution in [2.75, 3.05) is 4.90 Å². The minimum absolute atomic E-state index is 0.458. The maximum absolute atomic E-state index is 2.54. The first kappa shape index (κ1) is 36.4. The molecular formula is C63H39NS. The van der Waals surface area contributed by atoms with Crippen LogP contribution in [-0.4, -0.2) is 0 Å². The summed E-state index contributed by atoms with van der Waals surface area (Å²) in [7, 11) is 0. The van der Waals surface area contributed by atoms with Crippen LogP contribution in [0.4, 0.5) is 17.1 Å². The van der Waals surface area contributed by atoms with Crippen LogP contribution in [0.25, 0.3) is 86.2 Å². The topological polar surface area (TPSA) is 3.24 Å². The van der Waals surface area contributed by atoms with Gasteiger partial charge in [0, 0.05) is 26.8 Å². The number of anilines is 3. The van der Waals surface area contributed by atoms with E-state index in [1.54, 1.807) is 0 Å². The van der Waals surface area contributed by atoms with Crippen LogP contribution >= 0.6 is 11.3 Å². The van der Waals surface area contributed by atoms with E-state index < -0.39 is 5.41 Å². The number of hydrogen-bond donors (Lipinski definition) is 0. The Hall–Kier alpha value is -8.04. The molecule has 0 bridgehead atoms. The van der Waals surface area contributed by atoms with Crippen molar-refractivity contribution in [1.29, 1.82) is 0 Å². The Morgan fingerprint density at radius 1 is 0.308 bits per heavy atom. The van der Waals surface area contributed by atoms with Crippen LogP contribution in [0.5, 0.6) is 0 Å². The van der Waals surface area contributed by atoms with E-state index in [2.05, 4.69) is 241 Å². The second-order valence-electron chi connectivity index (χ2n) is 17.5. The van der Waals surface area contributed by atoms with Gasteiger partial charge in [0.2, 0.25) is 0 Å². The van der Waals surface area contributed by atoms with Gasteiger partial charge in [-0.15, -0.1) is 11.3 Å². The highest BCUT2D eigenvalue weighted by molar-refractivity contribution is 7.27. The van der Waals surface area contributed by atoms with E-state index in [0.717, 1.165) is 11.4 Å². The fourth-order valence-corrected chi connectivity index (χ4v) is 12.9. The van der Waals surface area contributed by atoms with Crippen LogP contribution in [0.15, 0.2) is 237 Å². The number of rotatable bonds is 5. The van der Waals surface area contributed by atoms with Crippen LogP contribution in [0.3, 0.4) is 0 Å². The third kappa shape index (κ3) is 5.14. The van der Waals surface area contributed by atoms with Crippen molar-refractivity contribution in [1.82, 2.24) is 0 Å². The Bertz CT molecular complexity index is 3830. The first-order valence-electron chi connectivity index (χ1n) is 22.5. The highest BCUT2D eigenvalue weighted by Crippen LogP contribution is 2.63. The Labute approximate surface area is 381 Å². The molecule has 2 aliphatic carbocycles. The number of nitrogens with zero attached hydrogens (tertiary/aromatic N) is 1. The zero-order chi connectivity index (χ0) is 42.6. The van der Waals surface area contributed by atoms with Gasteiger partial charge in [-0.3, -0.25) is 0 Å². The van der Waals surface area contributed by atoms with Crippen LogP contribution in [0.2, 0.25) is 0 Å². The minimum atomic E-state index is -0.458. The second-order valence-corrected chi connectivity index (χ2v) is 18.5. The molecule has 302 valence electrons. The van der Waals surface area contributed by atoms with Gasteiger partial charge >= 0.3 is 0 Å². The van der Waals surface area contributed by atoms with Gasteiger partial charge < -0.3 is 4.90 Å². The summed E-state index contributed by atoms with van der Waals surface area (Å²) in [6.45, 7) is 0. The van der Waals surface area contributed by atoms with Gasteiger partial charge in [0.15, 0.2) is 0 Å². The lowest BCUT2D eigenvalue weighted by molar-refractivity contribution is 0.793. The lowest BCUT2D eigenvalue weighted by Crippen LogP contribution is -2.26. The zero-order valence-electron chi connectivity index (χ0n) is 35.4. The Kier molecular flexibility index (Phi) is 7.84. The molecule has 65 heavy (non-hydrogen) atoms. The SMILES string of the molecule is c1ccc(-c2cccc3c2sc2c(N(c4ccc(-c5cccc6ccccc56)cc4)c4ccc5c(c4)C4(c6ccccc6-c6ccccc64)c4ccccc4-5)cc4ccccc4c23)cc1. The van der Waals surface area contributed by atoms with Crippen LogP contribution in [-0.2, 0) is 5.41 Å². The van der Waals surface area contributed by atoms with Gasteiger partial charge in [0.05, 0.1) is 15.8 Å². The molecule has 2 aliphatic rings. The Balaban J connectivity index is 1.06. The summed E-state index contributed by atoms with van der Waals surface area (Å²) in [5, 5.41) is 7.60. The molecule has 11 aromatic carbocycles. The monoisotopic (exact) mass is 841 g/mol. The average Bonchev–Trinajstić information content (AvgIpc) is 4.02. The zero-order valence-corrected chi connectivity index (χ0v) is 36.2. The van der Waals surface area contributed by atoms with E-state index in [0.29, 0.717) is 0 Å². The lowest BCUT2D eigenvalue weighted by atomic mass is 9.70. The third-order valence-corrected chi connectivity index (χ3v) is 15.5. The molecule has 0 aliphatic heterocycles. The van der Waals surface area contributed by atoms with Crippen molar-refractivity contribution in [3.63, 3.8) is 0 Å². The molecule has 2 heteroatoms. The van der Waals surface area contributed by atoms with Gasteiger partial charge in [0.1, 0.15) is 0 Å². The summed E-state index contributed by atoms with van der Waals surface area (Å²) in [6, 6.07) is 88.3. The molecule has 0 saturated heterocycles. The maximum atomic E-state index is 2.54. The Morgan fingerprint density at radius 2 is 0.815 bits per heavy atom. The minimum Gasteiger partial charge on any atom is -0.309 e. The van der Waals surface area contributed by atoms with Crippen LogP contribution in [0.1, 0.15) is 22.3 Å². The van der Waals surface area contributed by atoms with Gasteiger partial charge in [-0.1, -0.05) is 206 Å². The highest BCUT2D eigenvalue weighted by atomic mass is 32.1. The summed E-state index contributed by atoms with van der Waals surface area (Å²) in [6.07, 6.45) is 0. The summed E-state index contributed by atoms with van der Waals surface area (Å²) in [4.78, 5) is 2.54. The molecule has 0 N–H and O–H groups in total. The van der Waals surface area contributed by atoms with E-state index >= 15 is 0 Å². The standard InChI is InChI=1S/C63H39NS/c1-2-16-41(17-3-1)49-27-15-28-54-60-48-22-7-5-19-43(48)38-59(62(60)65-61(49)54)64(44-34-32-42(33-35-44)47-26-14-20-40-18-4-6-21-46(40)47)45-36-37-53-52-25-10-13-31-57(52)63(58(53)39-45)55-29-11-8-23-50(55)51-24-9-12-30-56(51)63/h1-39H. The first-order valence-corrected chi connectivity index (χ1v) is 23.3. The molecular weight excluding hydrogens is 803 g/mol. The van der Waals surface area contributed by atoms with Crippen molar-refractivity contribution in [3.8, 4) is 44.5 Å². The smallest absolute Gasteiger partial charge is 0.0726 e. The first-order chi connectivity index (χ1) is 32.3. The molecule has 0 amide bonds. The molecule has 0 unspecified atom stereocenters. The number of hydrogen-bond acceptors (Lipinski definition) is 2. The summed E-state index contributed by atoms with van der Waals surface area (Å²) < 4.78 is 2.58. The predicted octanol–water partition coefficient (Wildman–Crippen LogP) is 17.5. The van der Waals surface area contributed by atoms with E-state index in [1.807, 2.05) is 11.3 Å². The van der Waals surface area contributed by atoms with Crippen molar-refractivity contribution >= 4 is 70.1 Å². The molecule has 1 heterocycles. The molecule has 0 atom stereocenters. The van der Waals surface area contributed by atoms with Crippen molar-refractivity contribution < 1.29 is 0 Å². The molecule has 14 rings (SSSR count). The molecule has 0 fully saturated rings. The van der Waals surface area contributed by atoms with Crippen molar-refractivity contribution in [2.24, 2.45) is 0 Å². The van der Waals surface area contributed by atoms with Gasteiger partial charge in [-0.25, -0.2) is 0 Å². The fourth-order valence-electron chi connectivity index (χ4n) is 11.6. The fraction of sp³-hybridized carbons (Fsp3) is 0.0159. The third-order valence-electron chi connectivity index (χ3n) is 14.3. The van der Waals surface area contributed by atoms with E-state index in [4.69, 9.17) is 0 Å². The molecule has 0 saturated carbocycles. The van der Waals surface area contributed by atoms with E-state index in [1.165, 1.54) is 114 Å². The quantitative estimate of drug-likeness (QED) is 0.167. The molecule has 1 nitrogen and oxygen atoms in total. The van der Waals surface area contributed by atoms with E-state index in [-0.39, 0.29) is 0 Å². The Morgan fingerprint density at radius 3 is 1.54 bits per heavy atom. The highest BCUT2D eigenvalue weighted by Gasteiger charge is 2.51. The normalized spacial score (nSPS) is 13.0. The van der Waals surface area contributed by atoms with Crippen molar-refractivity contribution in [2.45, 2.75) is 5.41 Å². The molecule has 1 spiro atoms. The summed E-state index contributed by atoms with van der Waals surface area (Å²) in [5.41, 5.74) is 18.5. The summed E-state index contributed by atoms with van der Waals surface area (Å²) >= 11 is 1.92. The average molecular weight is 842 g/mol. The maximum Gasteiger partial charge on any atom is 0.0726 e. The number of thiophene rings is 1. The van der Waals surface area contributed by atoms with Crippen molar-refractivity contribution in [3.05, 3.63) is 259 Å². The van der Waals surface area contributed by atoms with E-state index in [9.17, 15) is 0 Å². The van der Waals surface area contributed by atoms with Gasteiger partial charge in [0.25, 0.3) is 0 Å². The summed E-state index contributed by atoms with van der Waals surface area (Å²) in [5.74, 6) is 0. The number of fused-ring (bicyclic) bond motifs is 16. The number of benzene rings is 11. The van der Waals surface area contributed by atoms with Crippen LogP contribution < -0.4 is 4.90 Å². The van der Waals surface area contributed by atoms with Gasteiger partial charge in [-0.2, -0.15) is 0 Å². The molecule has 12 aromatic rings. The largest absolute Gasteiger partial charge is 0.309 e. The lowest BCUT2D eigenvalue weighted by Gasteiger charge is -2.32. The predicted molar refractivity (Wildman–Crippen MR) is 276 cm³/mol.